The topological polar surface area (TPSA) is 76.4 Å². The molecule has 27 heavy (non-hydrogen) atoms. The first-order valence-electron chi connectivity index (χ1n) is 8.39. The Labute approximate surface area is 156 Å². The lowest BCUT2D eigenvalue weighted by Gasteiger charge is -2.07. The molecule has 1 aromatic heterocycles. The van der Waals surface area contributed by atoms with Gasteiger partial charge in [-0.1, -0.05) is 36.4 Å². The second-order valence-corrected chi connectivity index (χ2v) is 8.46. The Morgan fingerprint density at radius 3 is 2.67 bits per heavy atom. The number of rotatable bonds is 4. The zero-order valence-electron chi connectivity index (χ0n) is 14.6. The van der Waals surface area contributed by atoms with E-state index in [0.29, 0.717) is 5.69 Å². The van der Waals surface area contributed by atoms with E-state index in [1.165, 1.54) is 12.1 Å². The highest BCUT2D eigenvalue weighted by Gasteiger charge is 2.14. The molecule has 0 spiro atoms. The molecular formula is C21H17NO4S. The first-order valence-corrected chi connectivity index (χ1v) is 10.3. The average Bonchev–Trinajstić information content (AvgIpc) is 3.04. The summed E-state index contributed by atoms with van der Waals surface area (Å²) in [4.78, 5) is 12.7. The molecule has 5 nitrogen and oxygen atoms in total. The van der Waals surface area contributed by atoms with Crippen molar-refractivity contribution >= 4 is 43.2 Å². The summed E-state index contributed by atoms with van der Waals surface area (Å²) in [5.74, 6) is -0.240. The van der Waals surface area contributed by atoms with Gasteiger partial charge in [0, 0.05) is 22.9 Å². The van der Waals surface area contributed by atoms with Crippen LogP contribution in [0, 0.1) is 0 Å². The molecule has 0 fully saturated rings. The van der Waals surface area contributed by atoms with Crippen LogP contribution in [0.1, 0.15) is 5.56 Å². The number of hydrogen-bond donors (Lipinski definition) is 1. The van der Waals surface area contributed by atoms with Crippen molar-refractivity contribution in [1.82, 2.24) is 0 Å². The van der Waals surface area contributed by atoms with Crippen LogP contribution in [0.15, 0.2) is 76.2 Å². The molecule has 0 unspecified atom stereocenters. The van der Waals surface area contributed by atoms with Crippen molar-refractivity contribution in [2.45, 2.75) is 11.3 Å². The number of carbonyl (C=O) groups excluding carboxylic acids is 1. The Morgan fingerprint density at radius 2 is 1.85 bits per heavy atom. The van der Waals surface area contributed by atoms with Crippen molar-refractivity contribution in [2.75, 3.05) is 11.6 Å². The number of anilines is 1. The standard InChI is InChI=1S/C21H17NO4S/c1-27(24,25)17-7-4-6-16(12-17)22-20(23)11-15-13-26-19-10-9-14-5-2-3-8-18(14)21(15)19/h2-10,12-13H,11H2,1H3,(H,22,23). The number of amides is 1. The van der Waals surface area contributed by atoms with E-state index in [-0.39, 0.29) is 17.2 Å². The molecule has 136 valence electrons. The van der Waals surface area contributed by atoms with Gasteiger partial charge in [0.25, 0.3) is 0 Å². The van der Waals surface area contributed by atoms with Crippen molar-refractivity contribution in [1.29, 1.82) is 0 Å². The molecule has 0 saturated carbocycles. The van der Waals surface area contributed by atoms with Crippen LogP contribution in [-0.4, -0.2) is 20.6 Å². The van der Waals surface area contributed by atoms with Crippen molar-refractivity contribution in [3.8, 4) is 0 Å². The number of furan rings is 1. The van der Waals surface area contributed by atoms with Gasteiger partial charge in [0.2, 0.25) is 5.91 Å². The van der Waals surface area contributed by atoms with Gasteiger partial charge in [-0.05, 0) is 35.0 Å². The van der Waals surface area contributed by atoms with Crippen molar-refractivity contribution in [2.24, 2.45) is 0 Å². The zero-order valence-corrected chi connectivity index (χ0v) is 15.4. The summed E-state index contributed by atoms with van der Waals surface area (Å²) in [5.41, 5.74) is 1.97. The van der Waals surface area contributed by atoms with Gasteiger partial charge in [-0.3, -0.25) is 4.79 Å². The quantitative estimate of drug-likeness (QED) is 0.577. The molecule has 3 aromatic carbocycles. The van der Waals surface area contributed by atoms with Crippen LogP contribution in [0.5, 0.6) is 0 Å². The summed E-state index contributed by atoms with van der Waals surface area (Å²) in [6, 6.07) is 18.0. The second-order valence-electron chi connectivity index (χ2n) is 6.45. The molecule has 0 aliphatic heterocycles. The van der Waals surface area contributed by atoms with Crippen LogP contribution in [0.25, 0.3) is 21.7 Å². The number of fused-ring (bicyclic) bond motifs is 3. The first kappa shape index (κ1) is 17.3. The van der Waals surface area contributed by atoms with Gasteiger partial charge >= 0.3 is 0 Å². The van der Waals surface area contributed by atoms with E-state index in [4.69, 9.17) is 4.42 Å². The third-order valence-corrected chi connectivity index (χ3v) is 5.55. The van der Waals surface area contributed by atoms with E-state index in [9.17, 15) is 13.2 Å². The minimum atomic E-state index is -3.33. The average molecular weight is 379 g/mol. The summed E-state index contributed by atoms with van der Waals surface area (Å²) in [5, 5.41) is 5.80. The first-order chi connectivity index (χ1) is 12.9. The fourth-order valence-corrected chi connectivity index (χ4v) is 3.85. The Balaban J connectivity index is 1.63. The highest BCUT2D eigenvalue weighted by Crippen LogP contribution is 2.30. The highest BCUT2D eigenvalue weighted by atomic mass is 32.2. The molecule has 1 N–H and O–H groups in total. The Morgan fingerprint density at radius 1 is 1.04 bits per heavy atom. The lowest BCUT2D eigenvalue weighted by atomic mass is 10.0. The summed E-state index contributed by atoms with van der Waals surface area (Å²) in [6.07, 6.45) is 2.87. The van der Waals surface area contributed by atoms with Gasteiger partial charge in [0.1, 0.15) is 5.58 Å². The molecule has 0 aliphatic carbocycles. The molecule has 0 atom stereocenters. The van der Waals surface area contributed by atoms with Gasteiger partial charge < -0.3 is 9.73 Å². The largest absolute Gasteiger partial charge is 0.464 e. The number of carbonyl (C=O) groups is 1. The molecule has 0 bridgehead atoms. The van der Waals surface area contributed by atoms with Crippen LogP contribution >= 0.6 is 0 Å². The lowest BCUT2D eigenvalue weighted by molar-refractivity contribution is -0.115. The molecule has 0 aliphatic rings. The Kier molecular flexibility index (Phi) is 4.20. The van der Waals surface area contributed by atoms with E-state index in [2.05, 4.69) is 5.32 Å². The zero-order chi connectivity index (χ0) is 19.0. The number of benzene rings is 3. The molecular weight excluding hydrogens is 362 g/mol. The van der Waals surface area contributed by atoms with Gasteiger partial charge in [-0.2, -0.15) is 0 Å². The van der Waals surface area contributed by atoms with Crippen LogP contribution in [0.2, 0.25) is 0 Å². The van der Waals surface area contributed by atoms with Crippen LogP contribution in [0.3, 0.4) is 0 Å². The summed E-state index contributed by atoms with van der Waals surface area (Å²) in [7, 11) is -3.33. The molecule has 0 radical (unpaired) electrons. The number of sulfone groups is 1. The van der Waals surface area contributed by atoms with Crippen molar-refractivity contribution < 1.29 is 17.6 Å². The van der Waals surface area contributed by atoms with Gasteiger partial charge in [-0.15, -0.1) is 0 Å². The normalized spacial score (nSPS) is 11.7. The van der Waals surface area contributed by atoms with Crippen LogP contribution in [-0.2, 0) is 21.1 Å². The van der Waals surface area contributed by atoms with Gasteiger partial charge in [0.05, 0.1) is 17.6 Å². The van der Waals surface area contributed by atoms with Crippen molar-refractivity contribution in [3.63, 3.8) is 0 Å². The highest BCUT2D eigenvalue weighted by molar-refractivity contribution is 7.90. The van der Waals surface area contributed by atoms with E-state index in [1.54, 1.807) is 18.4 Å². The SMILES string of the molecule is CS(=O)(=O)c1cccc(NC(=O)Cc2coc3ccc4ccccc4c23)c1. The fourth-order valence-electron chi connectivity index (χ4n) is 3.19. The van der Waals surface area contributed by atoms with E-state index in [0.717, 1.165) is 33.6 Å². The number of nitrogens with one attached hydrogen (secondary N) is 1. The smallest absolute Gasteiger partial charge is 0.228 e. The monoisotopic (exact) mass is 379 g/mol. The predicted molar refractivity (Wildman–Crippen MR) is 106 cm³/mol. The minimum Gasteiger partial charge on any atom is -0.464 e. The van der Waals surface area contributed by atoms with Gasteiger partial charge in [-0.25, -0.2) is 8.42 Å². The third kappa shape index (κ3) is 3.44. The Hall–Kier alpha value is -3.12. The van der Waals surface area contributed by atoms with Crippen LogP contribution in [0.4, 0.5) is 5.69 Å². The maximum Gasteiger partial charge on any atom is 0.228 e. The fraction of sp³-hybridized carbons (Fsp3) is 0.0952. The molecule has 4 rings (SSSR count). The molecule has 1 amide bonds. The molecule has 4 aromatic rings. The lowest BCUT2D eigenvalue weighted by Crippen LogP contribution is -2.14. The van der Waals surface area contributed by atoms with Gasteiger partial charge in [0.15, 0.2) is 9.84 Å². The van der Waals surface area contributed by atoms with E-state index in [1.807, 2.05) is 36.4 Å². The third-order valence-electron chi connectivity index (χ3n) is 4.44. The molecule has 6 heteroatoms. The van der Waals surface area contributed by atoms with E-state index >= 15 is 0 Å². The number of hydrogen-bond acceptors (Lipinski definition) is 4. The van der Waals surface area contributed by atoms with Crippen molar-refractivity contribution in [3.05, 3.63) is 72.5 Å². The summed E-state index contributed by atoms with van der Waals surface area (Å²) >= 11 is 0. The van der Waals surface area contributed by atoms with Crippen LogP contribution < -0.4 is 5.32 Å². The minimum absolute atomic E-state index is 0.129. The summed E-state index contributed by atoms with van der Waals surface area (Å²) < 4.78 is 29.0. The second kappa shape index (κ2) is 6.55. The molecule has 1 heterocycles. The maximum atomic E-state index is 12.5. The maximum absolute atomic E-state index is 12.5. The summed E-state index contributed by atoms with van der Waals surface area (Å²) in [6.45, 7) is 0. The predicted octanol–water partition coefficient (Wildman–Crippen LogP) is 4.17. The van der Waals surface area contributed by atoms with E-state index < -0.39 is 9.84 Å². The Bertz CT molecular complexity index is 1270. The molecule has 0 saturated heterocycles.